The minimum atomic E-state index is -0.125. The van der Waals surface area contributed by atoms with Gasteiger partial charge in [0.15, 0.2) is 0 Å². The molecule has 2 amide bonds. The van der Waals surface area contributed by atoms with Gasteiger partial charge in [0.05, 0.1) is 7.11 Å². The first-order chi connectivity index (χ1) is 13.6. The van der Waals surface area contributed by atoms with Crippen LogP contribution in [0.1, 0.15) is 12.5 Å². The summed E-state index contributed by atoms with van der Waals surface area (Å²) in [6.07, 6.45) is 3.42. The van der Waals surface area contributed by atoms with E-state index < -0.39 is 0 Å². The second kappa shape index (κ2) is 9.16. The van der Waals surface area contributed by atoms with Gasteiger partial charge in [0.25, 0.3) is 0 Å². The van der Waals surface area contributed by atoms with Crippen molar-refractivity contribution in [2.24, 2.45) is 0 Å². The predicted octanol–water partition coefficient (Wildman–Crippen LogP) is 1.18. The number of hydrogen-bond donors (Lipinski definition) is 0. The molecule has 2 heterocycles. The molecule has 3 rings (SSSR count). The molecule has 1 saturated heterocycles. The van der Waals surface area contributed by atoms with E-state index in [-0.39, 0.29) is 18.4 Å². The van der Waals surface area contributed by atoms with Crippen LogP contribution >= 0.6 is 0 Å². The zero-order valence-electron chi connectivity index (χ0n) is 16.2. The predicted molar refractivity (Wildman–Crippen MR) is 105 cm³/mol. The van der Waals surface area contributed by atoms with Gasteiger partial charge in [0.2, 0.25) is 17.8 Å². The fourth-order valence-electron chi connectivity index (χ4n) is 3.10. The Kier molecular flexibility index (Phi) is 6.41. The Morgan fingerprint density at radius 3 is 2.29 bits per heavy atom. The largest absolute Gasteiger partial charge is 0.497 e. The number of ether oxygens (including phenoxy) is 1. The minimum Gasteiger partial charge on any atom is -0.497 e. The Morgan fingerprint density at radius 1 is 1.07 bits per heavy atom. The van der Waals surface area contributed by atoms with Gasteiger partial charge < -0.3 is 19.4 Å². The van der Waals surface area contributed by atoms with E-state index in [4.69, 9.17) is 4.74 Å². The lowest BCUT2D eigenvalue weighted by Crippen LogP contribution is -2.52. The molecule has 2 aromatic rings. The van der Waals surface area contributed by atoms with Gasteiger partial charge in [-0.15, -0.1) is 0 Å². The average Bonchev–Trinajstić information content (AvgIpc) is 2.74. The number of methoxy groups -OCH3 is 1. The van der Waals surface area contributed by atoms with Crippen LogP contribution in [0.5, 0.6) is 5.75 Å². The van der Waals surface area contributed by atoms with Gasteiger partial charge in [0.1, 0.15) is 12.3 Å². The Morgan fingerprint density at radius 2 is 1.71 bits per heavy atom. The van der Waals surface area contributed by atoms with Crippen molar-refractivity contribution >= 4 is 17.8 Å². The van der Waals surface area contributed by atoms with Crippen molar-refractivity contribution in [1.29, 1.82) is 0 Å². The highest BCUT2D eigenvalue weighted by Gasteiger charge is 2.24. The molecule has 1 aromatic carbocycles. The van der Waals surface area contributed by atoms with Crippen LogP contribution < -0.4 is 9.64 Å². The second-order valence-electron chi connectivity index (χ2n) is 6.64. The summed E-state index contributed by atoms with van der Waals surface area (Å²) in [7, 11) is 1.61. The van der Waals surface area contributed by atoms with E-state index in [0.717, 1.165) is 11.3 Å². The van der Waals surface area contributed by atoms with Crippen LogP contribution in [0.4, 0.5) is 5.95 Å². The first-order valence-electron chi connectivity index (χ1n) is 9.25. The highest BCUT2D eigenvalue weighted by atomic mass is 16.5. The molecule has 0 atom stereocenters. The number of aromatic nitrogens is 2. The standard InChI is InChI=1S/C20H25N5O3/c1-16(26)25(14-17-4-6-18(28-2)7-5-17)15-19(27)23-10-12-24(13-11-23)20-21-8-3-9-22-20/h3-9H,10-15H2,1-2H3. The van der Waals surface area contributed by atoms with E-state index >= 15 is 0 Å². The van der Waals surface area contributed by atoms with E-state index in [9.17, 15) is 9.59 Å². The first kappa shape index (κ1) is 19.6. The zero-order chi connectivity index (χ0) is 19.9. The average molecular weight is 383 g/mol. The fraction of sp³-hybridized carbons (Fsp3) is 0.400. The molecule has 0 saturated carbocycles. The molecular weight excluding hydrogens is 358 g/mol. The molecule has 0 bridgehead atoms. The normalized spacial score (nSPS) is 13.9. The second-order valence-corrected chi connectivity index (χ2v) is 6.64. The Labute approximate surface area is 164 Å². The highest BCUT2D eigenvalue weighted by Crippen LogP contribution is 2.14. The monoisotopic (exact) mass is 383 g/mol. The summed E-state index contributed by atoms with van der Waals surface area (Å²) in [6, 6.07) is 9.28. The number of benzene rings is 1. The lowest BCUT2D eigenvalue weighted by molar-refractivity contribution is -0.140. The lowest BCUT2D eigenvalue weighted by Gasteiger charge is -2.35. The topological polar surface area (TPSA) is 78.9 Å². The molecule has 0 unspecified atom stereocenters. The van der Waals surface area contributed by atoms with E-state index in [1.165, 1.54) is 6.92 Å². The number of anilines is 1. The molecule has 1 aromatic heterocycles. The summed E-state index contributed by atoms with van der Waals surface area (Å²) in [5.41, 5.74) is 0.954. The van der Waals surface area contributed by atoms with Gasteiger partial charge in [-0.3, -0.25) is 9.59 Å². The lowest BCUT2D eigenvalue weighted by atomic mass is 10.2. The van der Waals surface area contributed by atoms with Crippen LogP contribution in [0.3, 0.4) is 0 Å². The molecule has 1 fully saturated rings. The van der Waals surface area contributed by atoms with Gasteiger partial charge >= 0.3 is 0 Å². The van der Waals surface area contributed by atoms with Crippen LogP contribution in [0.15, 0.2) is 42.7 Å². The summed E-state index contributed by atoms with van der Waals surface area (Å²) in [5.74, 6) is 1.27. The van der Waals surface area contributed by atoms with E-state index in [1.54, 1.807) is 35.4 Å². The van der Waals surface area contributed by atoms with E-state index in [0.29, 0.717) is 38.7 Å². The SMILES string of the molecule is COc1ccc(CN(CC(=O)N2CCN(c3ncccn3)CC2)C(C)=O)cc1. The first-order valence-corrected chi connectivity index (χ1v) is 9.25. The van der Waals surface area contributed by atoms with Gasteiger partial charge in [-0.25, -0.2) is 9.97 Å². The summed E-state index contributed by atoms with van der Waals surface area (Å²) >= 11 is 0. The molecule has 1 aliphatic rings. The van der Waals surface area contributed by atoms with Gasteiger partial charge in [0, 0.05) is 52.0 Å². The van der Waals surface area contributed by atoms with Crippen molar-refractivity contribution in [2.45, 2.75) is 13.5 Å². The summed E-state index contributed by atoms with van der Waals surface area (Å²) < 4.78 is 5.15. The summed E-state index contributed by atoms with van der Waals surface area (Å²) in [5, 5.41) is 0. The molecular formula is C20H25N5O3. The van der Waals surface area contributed by atoms with Crippen molar-refractivity contribution in [3.63, 3.8) is 0 Å². The van der Waals surface area contributed by atoms with Gasteiger partial charge in [-0.05, 0) is 23.8 Å². The number of piperazine rings is 1. The molecule has 28 heavy (non-hydrogen) atoms. The summed E-state index contributed by atoms with van der Waals surface area (Å²) in [6.45, 7) is 4.48. The third kappa shape index (κ3) is 4.97. The smallest absolute Gasteiger partial charge is 0.242 e. The maximum absolute atomic E-state index is 12.7. The van der Waals surface area contributed by atoms with Gasteiger partial charge in [-0.2, -0.15) is 0 Å². The number of rotatable bonds is 6. The molecule has 0 N–H and O–H groups in total. The number of carbonyl (C=O) groups excluding carboxylic acids is 2. The van der Waals surface area contributed by atoms with Gasteiger partial charge in [-0.1, -0.05) is 12.1 Å². The molecule has 1 aliphatic heterocycles. The molecule has 0 aliphatic carbocycles. The van der Waals surface area contributed by atoms with Crippen molar-refractivity contribution < 1.29 is 14.3 Å². The van der Waals surface area contributed by atoms with Crippen molar-refractivity contribution in [1.82, 2.24) is 19.8 Å². The molecule has 8 heteroatoms. The van der Waals surface area contributed by atoms with Crippen molar-refractivity contribution in [3.8, 4) is 5.75 Å². The number of carbonyl (C=O) groups is 2. The highest BCUT2D eigenvalue weighted by molar-refractivity contribution is 5.84. The summed E-state index contributed by atoms with van der Waals surface area (Å²) in [4.78, 5) is 38.7. The van der Waals surface area contributed by atoms with Crippen LogP contribution in [-0.2, 0) is 16.1 Å². The third-order valence-electron chi connectivity index (χ3n) is 4.77. The quantitative estimate of drug-likeness (QED) is 0.745. The maximum Gasteiger partial charge on any atom is 0.242 e. The molecule has 0 radical (unpaired) electrons. The molecule has 148 valence electrons. The van der Waals surface area contributed by atoms with Crippen LogP contribution in [0, 0.1) is 0 Å². The zero-order valence-corrected chi connectivity index (χ0v) is 16.2. The van der Waals surface area contributed by atoms with Crippen LogP contribution in [-0.4, -0.2) is 71.4 Å². The maximum atomic E-state index is 12.7. The number of hydrogen-bond acceptors (Lipinski definition) is 6. The third-order valence-corrected chi connectivity index (χ3v) is 4.77. The number of amides is 2. The Bertz CT molecular complexity index is 789. The van der Waals surface area contributed by atoms with Crippen molar-refractivity contribution in [2.75, 3.05) is 44.7 Å². The Hall–Kier alpha value is -3.16. The van der Waals surface area contributed by atoms with E-state index in [2.05, 4.69) is 14.9 Å². The number of nitrogens with zero attached hydrogens (tertiary/aromatic N) is 5. The van der Waals surface area contributed by atoms with Crippen LogP contribution in [0.25, 0.3) is 0 Å². The molecule has 0 spiro atoms. The fourth-order valence-corrected chi connectivity index (χ4v) is 3.10. The van der Waals surface area contributed by atoms with E-state index in [1.807, 2.05) is 24.3 Å². The van der Waals surface area contributed by atoms with Crippen LogP contribution in [0.2, 0.25) is 0 Å². The van der Waals surface area contributed by atoms with Crippen molar-refractivity contribution in [3.05, 3.63) is 48.3 Å². The minimum absolute atomic E-state index is 0.0441. The Balaban J connectivity index is 1.55. The molecule has 8 nitrogen and oxygen atoms in total.